The number of benzene rings is 2. The Hall–Kier alpha value is -3.58. The van der Waals surface area contributed by atoms with Gasteiger partial charge in [0.1, 0.15) is 11.7 Å². The lowest BCUT2D eigenvalue weighted by Crippen LogP contribution is -2.46. The van der Waals surface area contributed by atoms with Crippen molar-refractivity contribution in [1.29, 1.82) is 0 Å². The lowest BCUT2D eigenvalue weighted by Gasteiger charge is -2.42. The van der Waals surface area contributed by atoms with E-state index in [-0.39, 0.29) is 24.7 Å². The summed E-state index contributed by atoms with van der Waals surface area (Å²) in [5.74, 6) is -3.42. The van der Waals surface area contributed by atoms with Gasteiger partial charge < -0.3 is 4.74 Å². The molecule has 2 aromatic carbocycles. The van der Waals surface area contributed by atoms with Gasteiger partial charge in [0.25, 0.3) is 0 Å². The molecule has 0 unspecified atom stereocenters. The van der Waals surface area contributed by atoms with Crippen LogP contribution in [0.3, 0.4) is 0 Å². The van der Waals surface area contributed by atoms with E-state index in [2.05, 4.69) is 0 Å². The second-order valence-corrected chi connectivity index (χ2v) is 10.1. The molecule has 0 N–H and O–H groups in total. The molecule has 0 saturated heterocycles. The van der Waals surface area contributed by atoms with Gasteiger partial charge in [-0.05, 0) is 61.5 Å². The van der Waals surface area contributed by atoms with E-state index in [1.54, 1.807) is 24.0 Å². The first-order chi connectivity index (χ1) is 17.4. The molecule has 36 heavy (non-hydrogen) atoms. The van der Waals surface area contributed by atoms with Crippen LogP contribution in [0.4, 0.5) is 10.1 Å². The molecule has 3 aromatic rings. The number of Topliss-reactive ketones (excluding diaryl/α,β-unsaturated/α-hetero) is 1. The van der Waals surface area contributed by atoms with E-state index in [1.807, 2.05) is 48.7 Å². The third kappa shape index (κ3) is 4.28. The molecule has 1 aliphatic carbocycles. The Bertz CT molecular complexity index is 1330. The maximum Gasteiger partial charge on any atom is 0.317 e. The molecular weight excluding hydrogens is 477 g/mol. The Labute approximate surface area is 213 Å². The van der Waals surface area contributed by atoms with Crippen molar-refractivity contribution in [2.24, 2.45) is 5.92 Å². The lowest BCUT2D eigenvalue weighted by atomic mass is 9.69. The zero-order valence-corrected chi connectivity index (χ0v) is 20.9. The van der Waals surface area contributed by atoms with Crippen LogP contribution < -0.4 is 4.90 Å². The first-order valence-corrected chi connectivity index (χ1v) is 12.9. The summed E-state index contributed by atoms with van der Waals surface area (Å²) >= 11 is 1.48. The van der Waals surface area contributed by atoms with Crippen LogP contribution in [0.5, 0.6) is 0 Å². The summed E-state index contributed by atoms with van der Waals surface area (Å²) in [5.41, 5.74) is 3.45. The summed E-state index contributed by atoms with van der Waals surface area (Å²) < 4.78 is 19.1. The van der Waals surface area contributed by atoms with Crippen LogP contribution in [0.25, 0.3) is 0 Å². The first-order valence-electron chi connectivity index (χ1n) is 12.0. The zero-order valence-electron chi connectivity index (χ0n) is 20.1. The van der Waals surface area contributed by atoms with Crippen LogP contribution in [-0.2, 0) is 19.1 Å². The summed E-state index contributed by atoms with van der Waals surface area (Å²) in [6, 6.07) is 17.3. The monoisotopic (exact) mass is 503 g/mol. The molecule has 0 saturated carbocycles. The van der Waals surface area contributed by atoms with E-state index in [1.165, 1.54) is 23.5 Å². The van der Waals surface area contributed by atoms with E-state index < -0.39 is 29.5 Å². The zero-order chi connectivity index (χ0) is 25.4. The van der Waals surface area contributed by atoms with Crippen molar-refractivity contribution in [3.63, 3.8) is 0 Å². The fourth-order valence-corrected chi connectivity index (χ4v) is 6.14. The van der Waals surface area contributed by atoms with Gasteiger partial charge in [0, 0.05) is 40.1 Å². The standard InChI is InChI=1S/C29H26FNO4S/c1-3-35-29(34)27-22(24-5-4-14-36-24)15-23-26(28(27)33)21(18-8-10-19(30)11-9-18)16-25(32)31(23)20-12-6-17(2)7-13-20/h4-14,21-22,27H,3,15-16H2,1-2H3/t21-,22-,27+/m1/s1. The highest BCUT2D eigenvalue weighted by Gasteiger charge is 2.50. The van der Waals surface area contributed by atoms with Crippen molar-refractivity contribution in [3.8, 4) is 0 Å². The van der Waals surface area contributed by atoms with E-state index in [9.17, 15) is 18.8 Å². The summed E-state index contributed by atoms with van der Waals surface area (Å²) in [6.07, 6.45) is 0.381. The molecule has 3 atom stereocenters. The van der Waals surface area contributed by atoms with Crippen molar-refractivity contribution in [3.05, 3.63) is 99.1 Å². The van der Waals surface area contributed by atoms with Crippen molar-refractivity contribution in [1.82, 2.24) is 0 Å². The molecule has 2 heterocycles. The third-order valence-corrected chi connectivity index (χ3v) is 7.94. The SMILES string of the molecule is CCOC(=O)[C@@H]1C(=O)C2=C(C[C@@H]1c1cccs1)N(c1ccc(C)cc1)C(=O)C[C@@H]2c1ccc(F)cc1. The number of aryl methyl sites for hydroxylation is 1. The van der Waals surface area contributed by atoms with Gasteiger partial charge in [-0.3, -0.25) is 19.3 Å². The average molecular weight is 504 g/mol. The third-order valence-electron chi connectivity index (χ3n) is 6.93. The van der Waals surface area contributed by atoms with Crippen LogP contribution in [0.1, 0.15) is 47.6 Å². The smallest absolute Gasteiger partial charge is 0.317 e. The van der Waals surface area contributed by atoms with Crippen LogP contribution in [0.2, 0.25) is 0 Å². The molecule has 1 aromatic heterocycles. The number of rotatable bonds is 5. The average Bonchev–Trinajstić information content (AvgIpc) is 3.40. The summed E-state index contributed by atoms with van der Waals surface area (Å²) in [7, 11) is 0. The van der Waals surface area contributed by atoms with Crippen molar-refractivity contribution in [2.45, 2.75) is 38.5 Å². The van der Waals surface area contributed by atoms with Gasteiger partial charge in [0.15, 0.2) is 5.78 Å². The van der Waals surface area contributed by atoms with Gasteiger partial charge in [0.05, 0.1) is 6.61 Å². The highest BCUT2D eigenvalue weighted by molar-refractivity contribution is 7.10. The minimum atomic E-state index is -1.00. The molecule has 184 valence electrons. The number of nitrogens with zero attached hydrogens (tertiary/aromatic N) is 1. The second-order valence-electron chi connectivity index (χ2n) is 9.15. The first kappa shape index (κ1) is 24.1. The van der Waals surface area contributed by atoms with Gasteiger partial charge in [-0.1, -0.05) is 35.9 Å². The number of carbonyl (C=O) groups is 3. The molecular formula is C29H26FNO4S. The van der Waals surface area contributed by atoms with Gasteiger partial charge >= 0.3 is 5.97 Å². The minimum absolute atomic E-state index is 0.0449. The Morgan fingerprint density at radius 3 is 2.42 bits per heavy atom. The lowest BCUT2D eigenvalue weighted by molar-refractivity contribution is -0.152. The second kappa shape index (κ2) is 9.82. The van der Waals surface area contributed by atoms with E-state index in [0.717, 1.165) is 10.4 Å². The molecule has 1 amide bonds. The highest BCUT2D eigenvalue weighted by Crippen LogP contribution is 2.50. The molecule has 0 bridgehead atoms. The normalized spacial score (nSPS) is 22.0. The number of ether oxygens (including phenoxy) is 1. The van der Waals surface area contributed by atoms with Crippen LogP contribution in [0, 0.1) is 18.7 Å². The topological polar surface area (TPSA) is 63.7 Å². The van der Waals surface area contributed by atoms with E-state index in [0.29, 0.717) is 28.9 Å². The number of halogens is 1. The van der Waals surface area contributed by atoms with Gasteiger partial charge in [-0.15, -0.1) is 11.3 Å². The van der Waals surface area contributed by atoms with Crippen LogP contribution >= 0.6 is 11.3 Å². The van der Waals surface area contributed by atoms with Crippen LogP contribution in [0.15, 0.2) is 77.3 Å². The van der Waals surface area contributed by atoms with Crippen molar-refractivity contribution >= 4 is 34.7 Å². The number of anilines is 1. The largest absolute Gasteiger partial charge is 0.465 e. The van der Waals surface area contributed by atoms with Gasteiger partial charge in [-0.25, -0.2) is 4.39 Å². The van der Waals surface area contributed by atoms with Crippen molar-refractivity contribution < 1.29 is 23.5 Å². The number of carbonyl (C=O) groups excluding carboxylic acids is 3. The molecule has 0 radical (unpaired) electrons. The molecule has 2 aliphatic rings. The summed E-state index contributed by atoms with van der Waals surface area (Å²) in [4.78, 5) is 43.5. The Kier molecular flexibility index (Phi) is 6.58. The number of hydrogen-bond donors (Lipinski definition) is 0. The quantitative estimate of drug-likeness (QED) is 0.321. The number of ketones is 1. The fourth-order valence-electron chi connectivity index (χ4n) is 5.28. The number of esters is 1. The maximum atomic E-state index is 14.2. The molecule has 1 aliphatic heterocycles. The molecule has 0 spiro atoms. The number of hydrogen-bond acceptors (Lipinski definition) is 5. The number of amides is 1. The predicted molar refractivity (Wildman–Crippen MR) is 136 cm³/mol. The summed E-state index contributed by atoms with van der Waals surface area (Å²) in [5, 5.41) is 1.91. The number of thiophene rings is 1. The minimum Gasteiger partial charge on any atom is -0.465 e. The Balaban J connectivity index is 1.71. The molecule has 5 nitrogen and oxygen atoms in total. The number of allylic oxidation sites excluding steroid dienone is 2. The fraction of sp³-hybridized carbons (Fsp3) is 0.276. The molecule has 7 heteroatoms. The molecule has 5 rings (SSSR count). The Morgan fingerprint density at radius 2 is 1.78 bits per heavy atom. The van der Waals surface area contributed by atoms with E-state index in [4.69, 9.17) is 4.74 Å². The van der Waals surface area contributed by atoms with E-state index >= 15 is 0 Å². The van der Waals surface area contributed by atoms with Gasteiger partial charge in [0.2, 0.25) is 5.91 Å². The van der Waals surface area contributed by atoms with Crippen molar-refractivity contribution in [2.75, 3.05) is 11.5 Å². The molecule has 0 fully saturated rings. The highest BCUT2D eigenvalue weighted by atomic mass is 32.1. The van der Waals surface area contributed by atoms with Gasteiger partial charge in [-0.2, -0.15) is 0 Å². The maximum absolute atomic E-state index is 14.2. The summed E-state index contributed by atoms with van der Waals surface area (Å²) in [6.45, 7) is 3.86. The van der Waals surface area contributed by atoms with Crippen LogP contribution in [-0.4, -0.2) is 24.3 Å². The Morgan fingerprint density at radius 1 is 1.06 bits per heavy atom. The predicted octanol–water partition coefficient (Wildman–Crippen LogP) is 5.91.